The van der Waals surface area contributed by atoms with Gasteiger partial charge < -0.3 is 10.1 Å². The molecule has 0 spiro atoms. The molecule has 2 aromatic carbocycles. The normalized spacial score (nSPS) is 10.6. The molecule has 0 aliphatic carbocycles. The maximum atomic E-state index is 11.9. The molecule has 2 aromatic rings. The molecule has 2 rings (SSSR count). The number of aryl methyl sites for hydroxylation is 3. The first-order valence-corrected chi connectivity index (χ1v) is 10.2. The van der Waals surface area contributed by atoms with Gasteiger partial charge in [0.1, 0.15) is 5.75 Å². The largest absolute Gasteiger partial charge is 0.484 e. The van der Waals surface area contributed by atoms with Gasteiger partial charge in [0.25, 0.3) is 5.91 Å². The van der Waals surface area contributed by atoms with Crippen LogP contribution in [-0.4, -0.2) is 24.8 Å². The monoisotopic (exact) mass is 421 g/mol. The molecule has 134 valence electrons. The Balaban J connectivity index is 1.65. The number of benzene rings is 2. The van der Waals surface area contributed by atoms with Crippen LogP contribution < -0.4 is 10.1 Å². The molecular weight excluding hydrogens is 398 g/mol. The minimum atomic E-state index is -0.0882. The topological polar surface area (TPSA) is 38.3 Å². The fraction of sp³-hybridized carbons (Fsp3) is 0.350. The third-order valence-corrected chi connectivity index (χ3v) is 6.13. The molecule has 0 unspecified atom stereocenters. The molecule has 0 atom stereocenters. The number of hydrogen-bond acceptors (Lipinski definition) is 3. The number of thioether (sulfide) groups is 1. The lowest BCUT2D eigenvalue weighted by Crippen LogP contribution is -2.30. The van der Waals surface area contributed by atoms with Crippen molar-refractivity contribution in [3.8, 4) is 5.75 Å². The second kappa shape index (κ2) is 9.88. The molecule has 0 radical (unpaired) electrons. The molecule has 0 saturated carbocycles. The predicted octanol–water partition coefficient (Wildman–Crippen LogP) is 4.80. The fourth-order valence-electron chi connectivity index (χ4n) is 2.41. The number of rotatable bonds is 8. The Bertz CT molecular complexity index is 710. The van der Waals surface area contributed by atoms with Crippen LogP contribution in [0.4, 0.5) is 0 Å². The fourth-order valence-corrected chi connectivity index (χ4v) is 3.57. The van der Waals surface area contributed by atoms with E-state index in [0.717, 1.165) is 32.9 Å². The highest BCUT2D eigenvalue weighted by Crippen LogP contribution is 2.26. The first-order valence-electron chi connectivity index (χ1n) is 8.26. The van der Waals surface area contributed by atoms with E-state index in [-0.39, 0.29) is 12.5 Å². The van der Waals surface area contributed by atoms with Crippen molar-refractivity contribution < 1.29 is 9.53 Å². The van der Waals surface area contributed by atoms with E-state index < -0.39 is 0 Å². The first kappa shape index (κ1) is 19.9. The average molecular weight is 422 g/mol. The standard InChI is InChI=1S/C20H24BrNO2S/c1-14-6-4-5-7-17(14)13-25-9-8-22-19(23)12-24-18-10-15(2)20(21)16(3)11-18/h4-7,10-11H,8-9,12-13H2,1-3H3,(H,22,23). The van der Waals surface area contributed by atoms with Gasteiger partial charge in [-0.2, -0.15) is 11.8 Å². The highest BCUT2D eigenvalue weighted by molar-refractivity contribution is 9.10. The third-order valence-electron chi connectivity index (χ3n) is 3.87. The van der Waals surface area contributed by atoms with E-state index in [4.69, 9.17) is 4.74 Å². The Hall–Kier alpha value is -1.46. The minimum absolute atomic E-state index is 0.0446. The van der Waals surface area contributed by atoms with Crippen molar-refractivity contribution in [2.24, 2.45) is 0 Å². The summed E-state index contributed by atoms with van der Waals surface area (Å²) in [5, 5.41) is 2.90. The maximum Gasteiger partial charge on any atom is 0.257 e. The molecule has 0 aliphatic rings. The number of hydrogen-bond donors (Lipinski definition) is 1. The molecular formula is C20H24BrNO2S. The second-order valence-corrected chi connectivity index (χ2v) is 7.89. The Morgan fingerprint density at radius 3 is 2.48 bits per heavy atom. The smallest absolute Gasteiger partial charge is 0.257 e. The zero-order valence-corrected chi connectivity index (χ0v) is 17.3. The van der Waals surface area contributed by atoms with Crippen molar-refractivity contribution in [2.75, 3.05) is 18.9 Å². The summed E-state index contributed by atoms with van der Waals surface area (Å²) < 4.78 is 6.67. The summed E-state index contributed by atoms with van der Waals surface area (Å²) in [4.78, 5) is 11.9. The Labute approximate surface area is 162 Å². The molecule has 0 aliphatic heterocycles. The first-order chi connectivity index (χ1) is 12.0. The van der Waals surface area contributed by atoms with Crippen LogP contribution in [0.25, 0.3) is 0 Å². The van der Waals surface area contributed by atoms with Crippen LogP contribution in [0.5, 0.6) is 5.75 Å². The lowest BCUT2D eigenvalue weighted by atomic mass is 10.1. The molecule has 25 heavy (non-hydrogen) atoms. The third kappa shape index (κ3) is 6.40. The molecule has 0 saturated heterocycles. The van der Waals surface area contributed by atoms with E-state index in [0.29, 0.717) is 6.54 Å². The predicted molar refractivity (Wildman–Crippen MR) is 109 cm³/mol. The Morgan fingerprint density at radius 2 is 1.80 bits per heavy atom. The van der Waals surface area contributed by atoms with Crippen LogP contribution in [0.2, 0.25) is 0 Å². The van der Waals surface area contributed by atoms with E-state index in [1.54, 1.807) is 0 Å². The van der Waals surface area contributed by atoms with Gasteiger partial charge in [-0.1, -0.05) is 40.2 Å². The zero-order valence-electron chi connectivity index (χ0n) is 14.9. The lowest BCUT2D eigenvalue weighted by Gasteiger charge is -2.10. The van der Waals surface area contributed by atoms with Gasteiger partial charge in [-0.05, 0) is 55.2 Å². The van der Waals surface area contributed by atoms with Gasteiger partial charge in [0.05, 0.1) is 0 Å². The molecule has 0 fully saturated rings. The molecule has 3 nitrogen and oxygen atoms in total. The summed E-state index contributed by atoms with van der Waals surface area (Å²) >= 11 is 5.35. The molecule has 5 heteroatoms. The van der Waals surface area contributed by atoms with Crippen molar-refractivity contribution in [3.63, 3.8) is 0 Å². The van der Waals surface area contributed by atoms with Gasteiger partial charge in [-0.15, -0.1) is 0 Å². The Morgan fingerprint density at radius 1 is 1.12 bits per heavy atom. The average Bonchev–Trinajstić information content (AvgIpc) is 2.59. The summed E-state index contributed by atoms with van der Waals surface area (Å²) in [6.45, 7) is 6.84. The van der Waals surface area contributed by atoms with Crippen LogP contribution >= 0.6 is 27.7 Å². The van der Waals surface area contributed by atoms with Crippen molar-refractivity contribution in [1.82, 2.24) is 5.32 Å². The van der Waals surface area contributed by atoms with E-state index in [1.807, 2.05) is 37.7 Å². The minimum Gasteiger partial charge on any atom is -0.484 e. The number of halogens is 1. The summed E-state index contributed by atoms with van der Waals surface area (Å²) in [6.07, 6.45) is 0. The lowest BCUT2D eigenvalue weighted by molar-refractivity contribution is -0.122. The number of nitrogens with one attached hydrogen (secondary N) is 1. The summed E-state index contributed by atoms with van der Waals surface area (Å²) in [5.41, 5.74) is 4.86. The van der Waals surface area contributed by atoms with Gasteiger partial charge in [-0.25, -0.2) is 0 Å². The van der Waals surface area contributed by atoms with Crippen molar-refractivity contribution in [3.05, 3.63) is 63.1 Å². The van der Waals surface area contributed by atoms with Crippen LogP contribution in [0.15, 0.2) is 40.9 Å². The molecule has 1 amide bonds. The number of ether oxygens (including phenoxy) is 1. The van der Waals surface area contributed by atoms with Gasteiger partial charge in [-0.3, -0.25) is 4.79 Å². The summed E-state index contributed by atoms with van der Waals surface area (Å²) in [7, 11) is 0. The van der Waals surface area contributed by atoms with E-state index in [2.05, 4.69) is 52.4 Å². The van der Waals surface area contributed by atoms with Crippen molar-refractivity contribution >= 4 is 33.6 Å². The summed E-state index contributed by atoms with van der Waals surface area (Å²) in [6, 6.07) is 12.3. The van der Waals surface area contributed by atoms with E-state index in [1.165, 1.54) is 11.1 Å². The van der Waals surface area contributed by atoms with Crippen LogP contribution in [0, 0.1) is 20.8 Å². The summed E-state index contributed by atoms with van der Waals surface area (Å²) in [5.74, 6) is 2.49. The number of carbonyl (C=O) groups excluding carboxylic acids is 1. The second-order valence-electron chi connectivity index (χ2n) is 5.99. The molecule has 0 aromatic heterocycles. The zero-order chi connectivity index (χ0) is 18.2. The van der Waals surface area contributed by atoms with Crippen molar-refractivity contribution in [2.45, 2.75) is 26.5 Å². The quantitative estimate of drug-likeness (QED) is 0.621. The van der Waals surface area contributed by atoms with Crippen LogP contribution in [-0.2, 0) is 10.5 Å². The van der Waals surface area contributed by atoms with Crippen LogP contribution in [0.1, 0.15) is 22.3 Å². The van der Waals surface area contributed by atoms with Gasteiger partial charge in [0.15, 0.2) is 6.61 Å². The Kier molecular flexibility index (Phi) is 7.85. The molecule has 0 bridgehead atoms. The number of amides is 1. The van der Waals surface area contributed by atoms with E-state index >= 15 is 0 Å². The van der Waals surface area contributed by atoms with Crippen LogP contribution in [0.3, 0.4) is 0 Å². The highest BCUT2D eigenvalue weighted by atomic mass is 79.9. The number of carbonyl (C=O) groups is 1. The van der Waals surface area contributed by atoms with Gasteiger partial charge in [0, 0.05) is 22.5 Å². The van der Waals surface area contributed by atoms with Gasteiger partial charge in [0.2, 0.25) is 0 Å². The van der Waals surface area contributed by atoms with Crippen molar-refractivity contribution in [1.29, 1.82) is 0 Å². The SMILES string of the molecule is Cc1ccccc1CSCCNC(=O)COc1cc(C)c(Br)c(C)c1. The molecule has 1 N–H and O–H groups in total. The molecule has 0 heterocycles. The van der Waals surface area contributed by atoms with E-state index in [9.17, 15) is 4.79 Å². The maximum absolute atomic E-state index is 11.9. The highest BCUT2D eigenvalue weighted by Gasteiger charge is 2.06. The van der Waals surface area contributed by atoms with Gasteiger partial charge >= 0.3 is 0 Å².